The van der Waals surface area contributed by atoms with Crippen molar-refractivity contribution in [2.45, 2.75) is 64.6 Å². The highest BCUT2D eigenvalue weighted by Crippen LogP contribution is 2.36. The molecular weight excluding hydrogens is 332 g/mol. The maximum Gasteiger partial charge on any atom is 0.310 e. The molecular formula is C21H30O5. The molecule has 144 valence electrons. The molecule has 0 heterocycles. The molecule has 0 bridgehead atoms. The van der Waals surface area contributed by atoms with Crippen molar-refractivity contribution in [1.82, 2.24) is 0 Å². The highest BCUT2D eigenvalue weighted by Gasteiger charge is 2.39. The Morgan fingerprint density at radius 3 is 2.31 bits per heavy atom. The van der Waals surface area contributed by atoms with E-state index in [0.29, 0.717) is 12.8 Å². The third-order valence-corrected chi connectivity index (χ3v) is 5.39. The summed E-state index contributed by atoms with van der Waals surface area (Å²) >= 11 is 0. The van der Waals surface area contributed by atoms with Crippen LogP contribution in [0, 0.1) is 17.8 Å². The van der Waals surface area contributed by atoms with E-state index in [0.717, 1.165) is 31.2 Å². The topological polar surface area (TPSA) is 83.8 Å². The Kier molecular flexibility index (Phi) is 7.64. The molecule has 2 N–H and O–H groups in total. The average Bonchev–Trinajstić information content (AvgIpc) is 2.64. The van der Waals surface area contributed by atoms with Crippen LogP contribution in [0.15, 0.2) is 30.3 Å². The van der Waals surface area contributed by atoms with Gasteiger partial charge in [0.05, 0.1) is 17.9 Å². The van der Waals surface area contributed by atoms with Crippen LogP contribution in [0.25, 0.3) is 0 Å². The molecule has 0 aromatic heterocycles. The predicted octanol–water partition coefficient (Wildman–Crippen LogP) is 3.96. The number of rotatable bonds is 8. The summed E-state index contributed by atoms with van der Waals surface area (Å²) in [5, 5.41) is 19.7. The van der Waals surface area contributed by atoms with E-state index >= 15 is 0 Å². The van der Waals surface area contributed by atoms with Gasteiger partial charge in [0.2, 0.25) is 0 Å². The Morgan fingerprint density at radius 1 is 1.15 bits per heavy atom. The third kappa shape index (κ3) is 5.07. The van der Waals surface area contributed by atoms with Crippen molar-refractivity contribution < 1.29 is 24.5 Å². The molecule has 0 amide bonds. The van der Waals surface area contributed by atoms with Gasteiger partial charge in [0.25, 0.3) is 0 Å². The summed E-state index contributed by atoms with van der Waals surface area (Å²) in [7, 11) is 0. The largest absolute Gasteiger partial charge is 0.481 e. The zero-order valence-corrected chi connectivity index (χ0v) is 15.6. The number of carboxylic acid groups (broad SMARTS) is 1. The number of aliphatic hydroxyl groups excluding tert-OH is 1. The molecule has 1 aromatic carbocycles. The minimum absolute atomic E-state index is 0.224. The van der Waals surface area contributed by atoms with Gasteiger partial charge in [-0.05, 0) is 31.7 Å². The Hall–Kier alpha value is -1.88. The van der Waals surface area contributed by atoms with Crippen LogP contribution in [-0.4, -0.2) is 28.3 Å². The quantitative estimate of drug-likeness (QED) is 0.684. The van der Waals surface area contributed by atoms with Gasteiger partial charge in [-0.3, -0.25) is 9.59 Å². The zero-order chi connectivity index (χ0) is 19.1. The first-order valence-corrected chi connectivity index (χ1v) is 9.62. The van der Waals surface area contributed by atoms with Gasteiger partial charge >= 0.3 is 11.9 Å². The molecule has 1 saturated carbocycles. The smallest absolute Gasteiger partial charge is 0.310 e. The van der Waals surface area contributed by atoms with E-state index in [1.165, 1.54) is 0 Å². The number of carbonyl (C=O) groups excluding carboxylic acids is 1. The second kappa shape index (κ2) is 9.72. The van der Waals surface area contributed by atoms with Crippen molar-refractivity contribution >= 4 is 11.9 Å². The lowest BCUT2D eigenvalue weighted by molar-refractivity contribution is -0.168. The highest BCUT2D eigenvalue weighted by atomic mass is 16.5. The van der Waals surface area contributed by atoms with Crippen LogP contribution in [0.3, 0.4) is 0 Å². The molecule has 1 fully saturated rings. The van der Waals surface area contributed by atoms with Crippen molar-refractivity contribution in [1.29, 1.82) is 0 Å². The van der Waals surface area contributed by atoms with E-state index in [9.17, 15) is 19.8 Å². The SMILES string of the molecule is CCCC(C(C)O)C(OC(=O)C1CCCCC1C(=O)O)c1ccccc1. The molecule has 1 aliphatic rings. The van der Waals surface area contributed by atoms with Crippen LogP contribution < -0.4 is 0 Å². The summed E-state index contributed by atoms with van der Waals surface area (Å²) in [5.41, 5.74) is 0.836. The Bertz CT molecular complexity index is 583. The van der Waals surface area contributed by atoms with Gasteiger partial charge in [0.15, 0.2) is 0 Å². The maximum absolute atomic E-state index is 12.9. The monoisotopic (exact) mass is 362 g/mol. The lowest BCUT2D eigenvalue weighted by Gasteiger charge is -2.33. The Balaban J connectivity index is 2.25. The van der Waals surface area contributed by atoms with E-state index in [1.807, 2.05) is 37.3 Å². The van der Waals surface area contributed by atoms with Crippen molar-refractivity contribution in [3.8, 4) is 0 Å². The first-order valence-electron chi connectivity index (χ1n) is 9.62. The standard InChI is InChI=1S/C21H30O5/c1-3-9-16(14(2)22)19(15-10-5-4-6-11-15)26-21(25)18-13-8-7-12-17(18)20(23)24/h4-6,10-11,14,16-19,22H,3,7-9,12-13H2,1-2H3,(H,23,24). The fraction of sp³-hybridized carbons (Fsp3) is 0.619. The van der Waals surface area contributed by atoms with Crippen LogP contribution in [0.4, 0.5) is 0 Å². The van der Waals surface area contributed by atoms with Crippen LogP contribution in [0.2, 0.25) is 0 Å². The number of ether oxygens (including phenoxy) is 1. The van der Waals surface area contributed by atoms with E-state index in [1.54, 1.807) is 6.92 Å². The van der Waals surface area contributed by atoms with Gasteiger partial charge in [-0.1, -0.05) is 56.5 Å². The van der Waals surface area contributed by atoms with Gasteiger partial charge in [-0.2, -0.15) is 0 Å². The molecule has 0 spiro atoms. The van der Waals surface area contributed by atoms with Crippen molar-refractivity contribution in [3.63, 3.8) is 0 Å². The lowest BCUT2D eigenvalue weighted by Crippen LogP contribution is -2.36. The molecule has 2 rings (SSSR count). The van der Waals surface area contributed by atoms with Gasteiger partial charge in [-0.15, -0.1) is 0 Å². The fourth-order valence-electron chi connectivity index (χ4n) is 3.95. The van der Waals surface area contributed by atoms with Crippen LogP contribution in [0.1, 0.15) is 64.0 Å². The molecule has 5 atom stereocenters. The van der Waals surface area contributed by atoms with Crippen LogP contribution in [-0.2, 0) is 14.3 Å². The molecule has 1 aliphatic carbocycles. The first kappa shape index (κ1) is 20.4. The fourth-order valence-corrected chi connectivity index (χ4v) is 3.95. The summed E-state index contributed by atoms with van der Waals surface area (Å²) in [6.45, 7) is 3.74. The molecule has 5 nitrogen and oxygen atoms in total. The van der Waals surface area contributed by atoms with E-state index in [2.05, 4.69) is 0 Å². The molecule has 5 heteroatoms. The van der Waals surface area contributed by atoms with Crippen molar-refractivity contribution in [2.75, 3.05) is 0 Å². The summed E-state index contributed by atoms with van der Waals surface area (Å²) in [6.07, 6.45) is 3.11. The zero-order valence-electron chi connectivity index (χ0n) is 15.6. The minimum atomic E-state index is -0.927. The number of carbonyl (C=O) groups is 2. The molecule has 26 heavy (non-hydrogen) atoms. The van der Waals surface area contributed by atoms with Crippen molar-refractivity contribution in [3.05, 3.63) is 35.9 Å². The number of aliphatic hydroxyl groups is 1. The Morgan fingerprint density at radius 2 is 1.77 bits per heavy atom. The number of hydrogen-bond donors (Lipinski definition) is 2. The molecule has 0 radical (unpaired) electrons. The second-order valence-corrected chi connectivity index (χ2v) is 7.30. The van der Waals surface area contributed by atoms with Gasteiger partial charge in [0, 0.05) is 5.92 Å². The van der Waals surface area contributed by atoms with Gasteiger partial charge < -0.3 is 14.9 Å². The lowest BCUT2D eigenvalue weighted by atomic mass is 9.79. The molecule has 5 unspecified atom stereocenters. The molecule has 1 aromatic rings. The highest BCUT2D eigenvalue weighted by molar-refractivity contribution is 5.81. The summed E-state index contributed by atoms with van der Waals surface area (Å²) < 4.78 is 5.87. The van der Waals surface area contributed by atoms with Gasteiger partial charge in [-0.25, -0.2) is 0 Å². The summed E-state index contributed by atoms with van der Waals surface area (Å²) in [6, 6.07) is 9.42. The van der Waals surface area contributed by atoms with Gasteiger partial charge in [0.1, 0.15) is 6.10 Å². The second-order valence-electron chi connectivity index (χ2n) is 7.30. The maximum atomic E-state index is 12.9. The number of hydrogen-bond acceptors (Lipinski definition) is 4. The van der Waals surface area contributed by atoms with E-state index in [4.69, 9.17) is 4.74 Å². The number of esters is 1. The summed E-state index contributed by atoms with van der Waals surface area (Å²) in [5.74, 6) is -2.89. The first-order chi connectivity index (χ1) is 12.5. The number of carboxylic acids is 1. The Labute approximate surface area is 155 Å². The minimum Gasteiger partial charge on any atom is -0.481 e. The number of benzene rings is 1. The average molecular weight is 362 g/mol. The predicted molar refractivity (Wildman–Crippen MR) is 98.4 cm³/mol. The number of aliphatic carboxylic acids is 1. The van der Waals surface area contributed by atoms with Crippen LogP contribution >= 0.6 is 0 Å². The van der Waals surface area contributed by atoms with E-state index < -0.39 is 36.0 Å². The van der Waals surface area contributed by atoms with Crippen molar-refractivity contribution in [2.24, 2.45) is 17.8 Å². The van der Waals surface area contributed by atoms with Crippen LogP contribution in [0.5, 0.6) is 0 Å². The summed E-state index contributed by atoms with van der Waals surface area (Å²) in [4.78, 5) is 24.4. The van der Waals surface area contributed by atoms with E-state index in [-0.39, 0.29) is 5.92 Å². The third-order valence-electron chi connectivity index (χ3n) is 5.39. The molecule has 0 saturated heterocycles. The normalized spacial score (nSPS) is 23.7. The molecule has 0 aliphatic heterocycles.